The zero-order valence-electron chi connectivity index (χ0n) is 20.4. The van der Waals surface area contributed by atoms with E-state index >= 15 is 0 Å². The Morgan fingerprint density at radius 1 is 1.03 bits per heavy atom. The van der Waals surface area contributed by atoms with Crippen molar-refractivity contribution in [3.8, 4) is 0 Å². The molecule has 1 atom stereocenters. The molecule has 1 N–H and O–H groups in total. The molecule has 0 saturated heterocycles. The number of alkyl carbamates (subject to hydrolysis) is 1. The summed E-state index contributed by atoms with van der Waals surface area (Å²) in [5, 5.41) is 2.96. The molecular formula is C23H37BrN2O5S. The second-order valence-corrected chi connectivity index (χ2v) is 13.0. The van der Waals surface area contributed by atoms with Gasteiger partial charge in [-0.15, -0.1) is 4.36 Å². The summed E-state index contributed by atoms with van der Waals surface area (Å²) in [5.41, 5.74) is -2.04. The summed E-state index contributed by atoms with van der Waals surface area (Å²) in [4.78, 5) is 25.3. The average Bonchev–Trinajstić information content (AvgIpc) is 2.62. The Balaban J connectivity index is 3.30. The quantitative estimate of drug-likeness (QED) is 0.422. The minimum absolute atomic E-state index is 0.0696. The Kier molecular flexibility index (Phi) is 9.78. The van der Waals surface area contributed by atoms with Crippen LogP contribution >= 0.6 is 15.9 Å². The number of carbonyl (C=O) groups is 2. The maximum atomic E-state index is 14.0. The van der Waals surface area contributed by atoms with Gasteiger partial charge in [0.15, 0.2) is 0 Å². The van der Waals surface area contributed by atoms with Crippen LogP contribution in [0.15, 0.2) is 38.0 Å². The fourth-order valence-electron chi connectivity index (χ4n) is 2.98. The zero-order chi connectivity index (χ0) is 24.8. The van der Waals surface area contributed by atoms with Crippen molar-refractivity contribution in [2.45, 2.75) is 96.3 Å². The van der Waals surface area contributed by atoms with Gasteiger partial charge in [-0.2, -0.15) is 0 Å². The van der Waals surface area contributed by atoms with Crippen molar-refractivity contribution >= 4 is 37.8 Å². The molecule has 0 bridgehead atoms. The molecule has 0 fully saturated rings. The molecule has 0 aliphatic carbocycles. The lowest BCUT2D eigenvalue weighted by Gasteiger charge is -2.34. The molecule has 182 valence electrons. The number of rotatable bonds is 7. The average molecular weight is 534 g/mol. The van der Waals surface area contributed by atoms with Gasteiger partial charge in [0.2, 0.25) is 0 Å². The molecule has 1 unspecified atom stereocenters. The number of benzene rings is 1. The van der Waals surface area contributed by atoms with Crippen molar-refractivity contribution in [2.24, 2.45) is 4.36 Å². The van der Waals surface area contributed by atoms with Crippen molar-refractivity contribution in [3.63, 3.8) is 0 Å². The van der Waals surface area contributed by atoms with E-state index in [0.29, 0.717) is 24.2 Å². The second kappa shape index (κ2) is 11.0. The van der Waals surface area contributed by atoms with Gasteiger partial charge < -0.3 is 14.8 Å². The molecule has 0 aliphatic heterocycles. The first-order valence-corrected chi connectivity index (χ1v) is 13.3. The van der Waals surface area contributed by atoms with E-state index in [9.17, 15) is 13.8 Å². The van der Waals surface area contributed by atoms with Crippen LogP contribution in [0.1, 0.15) is 74.7 Å². The van der Waals surface area contributed by atoms with Gasteiger partial charge in [0, 0.05) is 20.7 Å². The normalized spacial score (nSPS) is 14.3. The van der Waals surface area contributed by atoms with Crippen LogP contribution in [0.25, 0.3) is 0 Å². The molecule has 7 nitrogen and oxygen atoms in total. The van der Waals surface area contributed by atoms with Crippen LogP contribution < -0.4 is 5.32 Å². The lowest BCUT2D eigenvalue weighted by atomic mass is 9.90. The second-order valence-electron chi connectivity index (χ2n) is 9.74. The standard InChI is InChI=1S/C23H37BrN2O5S/c1-9-23(10-2,25-19(27)30-21(3,4)5)14-15-32(29,18-13-11-12-17(24)16-18)26-20(28)31-22(6,7)8/h11-13,16H,9-10,14-15H2,1-8H3,(H,25,27). The number of hydrogen-bond donors (Lipinski definition) is 1. The number of amides is 2. The first-order valence-electron chi connectivity index (χ1n) is 10.8. The van der Waals surface area contributed by atoms with Crippen LogP contribution in [0.4, 0.5) is 9.59 Å². The molecule has 1 aromatic carbocycles. The van der Waals surface area contributed by atoms with Gasteiger partial charge in [0.1, 0.15) is 11.2 Å². The van der Waals surface area contributed by atoms with Crippen LogP contribution in [-0.4, -0.2) is 38.9 Å². The van der Waals surface area contributed by atoms with E-state index in [4.69, 9.17) is 9.47 Å². The van der Waals surface area contributed by atoms with Gasteiger partial charge in [0.25, 0.3) is 0 Å². The van der Waals surface area contributed by atoms with Gasteiger partial charge in [-0.1, -0.05) is 35.8 Å². The first kappa shape index (κ1) is 28.4. The summed E-state index contributed by atoms with van der Waals surface area (Å²) in [7, 11) is -3.16. The summed E-state index contributed by atoms with van der Waals surface area (Å²) >= 11 is 3.39. The van der Waals surface area contributed by atoms with Crippen LogP contribution in [0, 0.1) is 0 Å². The highest BCUT2D eigenvalue weighted by atomic mass is 79.9. The van der Waals surface area contributed by atoms with Gasteiger partial charge in [-0.3, -0.25) is 0 Å². The highest BCUT2D eigenvalue weighted by Gasteiger charge is 2.32. The molecule has 32 heavy (non-hydrogen) atoms. The van der Waals surface area contributed by atoms with E-state index < -0.39 is 38.7 Å². The van der Waals surface area contributed by atoms with E-state index in [1.807, 2.05) is 19.9 Å². The third-order valence-corrected chi connectivity index (χ3v) is 7.44. The predicted molar refractivity (Wildman–Crippen MR) is 131 cm³/mol. The number of nitrogens with zero attached hydrogens (tertiary/aromatic N) is 1. The highest BCUT2D eigenvalue weighted by Crippen LogP contribution is 2.27. The summed E-state index contributed by atoms with van der Waals surface area (Å²) in [6.45, 7) is 14.5. The third kappa shape index (κ3) is 9.48. The molecule has 0 heterocycles. The molecule has 1 aromatic rings. The maximum absolute atomic E-state index is 14.0. The molecular weight excluding hydrogens is 496 g/mol. The SMILES string of the molecule is CCC(CC)(CCS(=O)(=NC(=O)OC(C)(C)C)c1cccc(Br)c1)NC(=O)OC(C)(C)C. The lowest BCUT2D eigenvalue weighted by molar-refractivity contribution is 0.0442. The number of halogens is 1. The summed E-state index contributed by atoms with van der Waals surface area (Å²) in [5.74, 6) is 0.0696. The smallest absolute Gasteiger partial charge is 0.442 e. The van der Waals surface area contributed by atoms with Crippen molar-refractivity contribution in [2.75, 3.05) is 5.75 Å². The molecule has 0 aromatic heterocycles. The number of nitrogens with one attached hydrogen (secondary N) is 1. The largest absolute Gasteiger partial charge is 0.444 e. The Morgan fingerprint density at radius 2 is 1.59 bits per heavy atom. The topological polar surface area (TPSA) is 94.1 Å². The number of ether oxygens (including phenoxy) is 2. The predicted octanol–water partition coefficient (Wildman–Crippen LogP) is 6.68. The molecule has 1 rings (SSSR count). The van der Waals surface area contributed by atoms with Gasteiger partial charge in [0.05, 0.1) is 9.73 Å². The lowest BCUT2D eigenvalue weighted by Crippen LogP contribution is -2.50. The summed E-state index contributed by atoms with van der Waals surface area (Å²) in [6, 6.07) is 6.93. The Labute approximate surface area is 201 Å². The van der Waals surface area contributed by atoms with Gasteiger partial charge >= 0.3 is 12.2 Å². The molecule has 2 amide bonds. The van der Waals surface area contributed by atoms with Crippen LogP contribution in [0.2, 0.25) is 0 Å². The Bertz CT molecular complexity index is 921. The van der Waals surface area contributed by atoms with E-state index in [2.05, 4.69) is 25.6 Å². The number of carbonyl (C=O) groups excluding carboxylic acids is 2. The minimum Gasteiger partial charge on any atom is -0.444 e. The Morgan fingerprint density at radius 3 is 2.06 bits per heavy atom. The fourth-order valence-corrected chi connectivity index (χ4v) is 5.51. The maximum Gasteiger partial charge on any atom is 0.442 e. The Hall–Kier alpha value is -1.61. The van der Waals surface area contributed by atoms with Gasteiger partial charge in [-0.25, -0.2) is 13.8 Å². The van der Waals surface area contributed by atoms with Gasteiger partial charge in [-0.05, 0) is 79.0 Å². The van der Waals surface area contributed by atoms with E-state index in [-0.39, 0.29) is 5.75 Å². The van der Waals surface area contributed by atoms with Crippen molar-refractivity contribution in [1.29, 1.82) is 0 Å². The monoisotopic (exact) mass is 532 g/mol. The molecule has 9 heteroatoms. The molecule has 0 saturated carbocycles. The van der Waals surface area contributed by atoms with Crippen molar-refractivity contribution < 1.29 is 23.3 Å². The van der Waals surface area contributed by atoms with E-state index in [0.717, 1.165) is 4.47 Å². The minimum atomic E-state index is -3.16. The molecule has 0 spiro atoms. The zero-order valence-corrected chi connectivity index (χ0v) is 22.8. The van der Waals surface area contributed by atoms with Crippen molar-refractivity contribution in [3.05, 3.63) is 28.7 Å². The first-order chi connectivity index (χ1) is 14.5. The van der Waals surface area contributed by atoms with Crippen LogP contribution in [0.5, 0.6) is 0 Å². The number of hydrogen-bond acceptors (Lipinski definition) is 5. The highest BCUT2D eigenvalue weighted by molar-refractivity contribution is 9.10. The molecule has 0 radical (unpaired) electrons. The van der Waals surface area contributed by atoms with E-state index in [1.54, 1.807) is 59.7 Å². The van der Waals surface area contributed by atoms with Crippen LogP contribution in [-0.2, 0) is 19.2 Å². The fraction of sp³-hybridized carbons (Fsp3) is 0.652. The third-order valence-electron chi connectivity index (χ3n) is 4.76. The van der Waals surface area contributed by atoms with Crippen molar-refractivity contribution in [1.82, 2.24) is 5.32 Å². The van der Waals surface area contributed by atoms with E-state index in [1.165, 1.54) is 0 Å². The summed E-state index contributed by atoms with van der Waals surface area (Å²) < 4.78 is 29.5. The molecule has 0 aliphatic rings. The van der Waals surface area contributed by atoms with Crippen LogP contribution in [0.3, 0.4) is 0 Å². The summed E-state index contributed by atoms with van der Waals surface area (Å²) in [6.07, 6.45) is 0.142.